The topological polar surface area (TPSA) is 90.5 Å². The molecule has 0 saturated heterocycles. The third kappa shape index (κ3) is 4.78. The van der Waals surface area contributed by atoms with Gasteiger partial charge in [-0.15, -0.1) is 0 Å². The van der Waals surface area contributed by atoms with Crippen molar-refractivity contribution in [2.45, 2.75) is 19.4 Å². The van der Waals surface area contributed by atoms with Crippen LogP contribution in [0.25, 0.3) is 0 Å². The first-order valence-corrected chi connectivity index (χ1v) is 10.4. The van der Waals surface area contributed by atoms with Crippen LogP contribution in [0.5, 0.6) is 0 Å². The number of urea groups is 1. The highest BCUT2D eigenvalue weighted by molar-refractivity contribution is 6.10. The number of para-hydroxylation sites is 3. The number of amides is 4. The van der Waals surface area contributed by atoms with Crippen LogP contribution >= 0.6 is 0 Å². The Morgan fingerprint density at radius 3 is 2.44 bits per heavy atom. The van der Waals surface area contributed by atoms with Crippen molar-refractivity contribution in [3.05, 3.63) is 90.0 Å². The number of carbonyl (C=O) groups excluding carboxylic acids is 3. The van der Waals surface area contributed by atoms with Gasteiger partial charge in [-0.1, -0.05) is 60.7 Å². The normalized spacial score (nSPS) is 13.5. The lowest BCUT2D eigenvalue weighted by Crippen LogP contribution is -2.53. The van der Waals surface area contributed by atoms with Crippen molar-refractivity contribution in [1.29, 1.82) is 0 Å². The van der Waals surface area contributed by atoms with Gasteiger partial charge in [0.15, 0.2) is 0 Å². The van der Waals surface area contributed by atoms with E-state index in [0.717, 1.165) is 11.1 Å². The Morgan fingerprint density at radius 2 is 1.66 bits per heavy atom. The van der Waals surface area contributed by atoms with E-state index in [1.165, 1.54) is 4.90 Å². The van der Waals surface area contributed by atoms with E-state index in [1.54, 1.807) is 24.3 Å². The van der Waals surface area contributed by atoms with Gasteiger partial charge in [0.2, 0.25) is 11.8 Å². The third-order valence-corrected chi connectivity index (χ3v) is 5.32. The molecule has 0 radical (unpaired) electrons. The van der Waals surface area contributed by atoms with E-state index >= 15 is 0 Å². The molecule has 0 aromatic heterocycles. The number of rotatable bonds is 5. The van der Waals surface area contributed by atoms with E-state index in [4.69, 9.17) is 0 Å². The van der Waals surface area contributed by atoms with Gasteiger partial charge in [-0.05, 0) is 36.2 Å². The van der Waals surface area contributed by atoms with Crippen LogP contribution in [0.2, 0.25) is 0 Å². The Bertz CT molecular complexity index is 1150. The van der Waals surface area contributed by atoms with Crippen LogP contribution in [0, 0.1) is 6.92 Å². The minimum Gasteiger partial charge on any atom is -0.326 e. The van der Waals surface area contributed by atoms with E-state index in [-0.39, 0.29) is 18.4 Å². The second-order valence-corrected chi connectivity index (χ2v) is 7.65. The molecule has 0 fully saturated rings. The summed E-state index contributed by atoms with van der Waals surface area (Å²) in [7, 11) is 0. The Labute approximate surface area is 186 Å². The molecule has 0 bridgehead atoms. The molecule has 4 amide bonds. The summed E-state index contributed by atoms with van der Waals surface area (Å²) < 4.78 is 0. The number of hydrogen-bond acceptors (Lipinski definition) is 3. The van der Waals surface area contributed by atoms with E-state index < -0.39 is 12.1 Å². The fraction of sp³-hybridized carbons (Fsp3) is 0.160. The summed E-state index contributed by atoms with van der Waals surface area (Å²) in [6.07, 6.45) is 0.311. The number of nitrogens with one attached hydrogen (secondary N) is 3. The van der Waals surface area contributed by atoms with Crippen LogP contribution in [-0.4, -0.2) is 30.4 Å². The van der Waals surface area contributed by atoms with Gasteiger partial charge in [0.05, 0.1) is 11.4 Å². The van der Waals surface area contributed by atoms with Crippen LogP contribution in [0.4, 0.5) is 21.9 Å². The highest BCUT2D eigenvalue weighted by atomic mass is 16.2. The zero-order valence-corrected chi connectivity index (χ0v) is 17.7. The maximum atomic E-state index is 13.2. The van der Waals surface area contributed by atoms with Crippen LogP contribution in [0.1, 0.15) is 11.1 Å². The number of fused-ring (bicyclic) bond motifs is 1. The second kappa shape index (κ2) is 9.34. The lowest BCUT2D eigenvalue weighted by Gasteiger charge is -2.30. The molecule has 3 aromatic rings. The molecule has 32 heavy (non-hydrogen) atoms. The van der Waals surface area contributed by atoms with Crippen molar-refractivity contribution in [2.75, 3.05) is 22.1 Å². The Hall–Kier alpha value is -4.13. The first-order chi connectivity index (χ1) is 15.5. The van der Waals surface area contributed by atoms with Gasteiger partial charge in [0.1, 0.15) is 12.6 Å². The standard InChI is InChI=1S/C25H24N4O3/c1-17-9-5-6-12-19(17)27-24(31)21(15-18-10-3-2-4-11-18)28-25(32)29-16-23(30)26-20-13-7-8-14-22(20)29/h2-14,21H,15-16H2,1H3,(H,26,30)(H,27,31)(H,28,32)/t21-/m1/s1. The fourth-order valence-electron chi connectivity index (χ4n) is 3.63. The number of benzene rings is 3. The summed E-state index contributed by atoms with van der Waals surface area (Å²) in [6, 6.07) is 22.7. The maximum Gasteiger partial charge on any atom is 0.323 e. The third-order valence-electron chi connectivity index (χ3n) is 5.32. The highest BCUT2D eigenvalue weighted by Gasteiger charge is 2.30. The summed E-state index contributed by atoms with van der Waals surface area (Å²) >= 11 is 0. The molecule has 1 aliphatic heterocycles. The molecule has 0 aliphatic carbocycles. The highest BCUT2D eigenvalue weighted by Crippen LogP contribution is 2.29. The minimum atomic E-state index is -0.832. The molecular weight excluding hydrogens is 404 g/mol. The van der Waals surface area contributed by atoms with Gasteiger partial charge in [-0.2, -0.15) is 0 Å². The molecule has 7 nitrogen and oxygen atoms in total. The van der Waals surface area contributed by atoms with Gasteiger partial charge in [-0.25, -0.2) is 4.79 Å². The number of nitrogens with zero attached hydrogens (tertiary/aromatic N) is 1. The lowest BCUT2D eigenvalue weighted by atomic mass is 10.0. The molecule has 0 spiro atoms. The monoisotopic (exact) mass is 428 g/mol. The number of aryl methyl sites for hydroxylation is 1. The van der Waals surface area contributed by atoms with Crippen molar-refractivity contribution >= 4 is 34.9 Å². The van der Waals surface area contributed by atoms with E-state index in [2.05, 4.69) is 16.0 Å². The molecule has 0 saturated carbocycles. The smallest absolute Gasteiger partial charge is 0.323 e. The zero-order chi connectivity index (χ0) is 22.5. The van der Waals surface area contributed by atoms with Gasteiger partial charge < -0.3 is 16.0 Å². The molecule has 7 heteroatoms. The second-order valence-electron chi connectivity index (χ2n) is 7.65. The van der Waals surface area contributed by atoms with Gasteiger partial charge in [0.25, 0.3) is 0 Å². The first kappa shape index (κ1) is 21.1. The van der Waals surface area contributed by atoms with E-state index in [1.807, 2.05) is 61.5 Å². The van der Waals surface area contributed by atoms with Crippen LogP contribution in [0.3, 0.4) is 0 Å². The number of hydrogen-bond donors (Lipinski definition) is 3. The van der Waals surface area contributed by atoms with Gasteiger partial charge in [0, 0.05) is 12.1 Å². The molecule has 1 heterocycles. The molecule has 162 valence electrons. The van der Waals surface area contributed by atoms with Crippen molar-refractivity contribution in [1.82, 2.24) is 5.32 Å². The van der Waals surface area contributed by atoms with Gasteiger partial charge >= 0.3 is 6.03 Å². The largest absolute Gasteiger partial charge is 0.326 e. The predicted molar refractivity (Wildman–Crippen MR) is 125 cm³/mol. The maximum absolute atomic E-state index is 13.2. The SMILES string of the molecule is Cc1ccccc1NC(=O)[C@@H](Cc1ccccc1)NC(=O)N1CC(=O)Nc2ccccc21. The number of carbonyl (C=O) groups is 3. The lowest BCUT2D eigenvalue weighted by molar-refractivity contribution is -0.118. The van der Waals surface area contributed by atoms with Gasteiger partial charge in [-0.3, -0.25) is 14.5 Å². The average Bonchev–Trinajstić information content (AvgIpc) is 2.80. The average molecular weight is 428 g/mol. The summed E-state index contributed by atoms with van der Waals surface area (Å²) in [5.41, 5.74) is 3.67. The van der Waals surface area contributed by atoms with Crippen molar-refractivity contribution < 1.29 is 14.4 Å². The van der Waals surface area contributed by atoms with Crippen molar-refractivity contribution in [3.8, 4) is 0 Å². The molecule has 0 unspecified atom stereocenters. The molecule has 3 N–H and O–H groups in total. The molecular formula is C25H24N4O3. The summed E-state index contributed by atoms with van der Waals surface area (Å²) in [5.74, 6) is -0.617. The predicted octanol–water partition coefficient (Wildman–Crippen LogP) is 3.71. The molecule has 1 aliphatic rings. The zero-order valence-electron chi connectivity index (χ0n) is 17.7. The first-order valence-electron chi connectivity index (χ1n) is 10.4. The van der Waals surface area contributed by atoms with Crippen LogP contribution in [0.15, 0.2) is 78.9 Å². The summed E-state index contributed by atoms with van der Waals surface area (Å²) in [4.78, 5) is 39.8. The summed E-state index contributed by atoms with van der Waals surface area (Å²) in [6.45, 7) is 1.78. The Morgan fingerprint density at radius 1 is 0.969 bits per heavy atom. The number of anilines is 3. The fourth-order valence-corrected chi connectivity index (χ4v) is 3.63. The van der Waals surface area contributed by atoms with E-state index in [9.17, 15) is 14.4 Å². The van der Waals surface area contributed by atoms with Crippen LogP contribution in [-0.2, 0) is 16.0 Å². The Balaban J connectivity index is 1.57. The van der Waals surface area contributed by atoms with Crippen molar-refractivity contribution in [2.24, 2.45) is 0 Å². The van der Waals surface area contributed by atoms with Crippen molar-refractivity contribution in [3.63, 3.8) is 0 Å². The molecule has 4 rings (SSSR count). The Kier molecular flexibility index (Phi) is 6.17. The quantitative estimate of drug-likeness (QED) is 0.579. The van der Waals surface area contributed by atoms with E-state index in [0.29, 0.717) is 23.5 Å². The molecule has 3 aromatic carbocycles. The minimum absolute atomic E-state index is 0.125. The van der Waals surface area contributed by atoms with Crippen LogP contribution < -0.4 is 20.9 Å². The molecule has 1 atom stereocenters. The summed E-state index contributed by atoms with van der Waals surface area (Å²) in [5, 5.41) is 8.51.